The molecule has 2 heterocycles. The predicted octanol–water partition coefficient (Wildman–Crippen LogP) is 4.18. The molecular weight excluding hydrogens is 360 g/mol. The van der Waals surface area contributed by atoms with Crippen LogP contribution in [0.1, 0.15) is 34.3 Å². The third-order valence-electron chi connectivity index (χ3n) is 5.46. The van der Waals surface area contributed by atoms with Gasteiger partial charge in [-0.3, -0.25) is 4.79 Å². The van der Waals surface area contributed by atoms with E-state index in [2.05, 4.69) is 45.6 Å². The molecule has 29 heavy (non-hydrogen) atoms. The number of carbonyl (C=O) groups is 1. The van der Waals surface area contributed by atoms with Crippen LogP contribution in [-0.2, 0) is 13.0 Å². The highest BCUT2D eigenvalue weighted by Gasteiger charge is 2.24. The van der Waals surface area contributed by atoms with Crippen LogP contribution in [0.4, 0.5) is 5.95 Å². The van der Waals surface area contributed by atoms with Gasteiger partial charge in [-0.2, -0.15) is 0 Å². The Morgan fingerprint density at radius 2 is 1.48 bits per heavy atom. The van der Waals surface area contributed by atoms with Crippen LogP contribution in [0.3, 0.4) is 0 Å². The Morgan fingerprint density at radius 3 is 2.10 bits per heavy atom. The largest absolute Gasteiger partial charge is 0.350 e. The molecule has 0 radical (unpaired) electrons. The van der Waals surface area contributed by atoms with Crippen molar-refractivity contribution >= 4 is 11.9 Å². The summed E-state index contributed by atoms with van der Waals surface area (Å²) in [4.78, 5) is 23.3. The van der Waals surface area contributed by atoms with Crippen molar-refractivity contribution in [3.63, 3.8) is 0 Å². The number of amides is 1. The first kappa shape index (κ1) is 19.1. The summed E-state index contributed by atoms with van der Waals surface area (Å²) in [5, 5.41) is 3.19. The molecule has 0 spiro atoms. The highest BCUT2D eigenvalue weighted by atomic mass is 16.2. The third-order valence-corrected chi connectivity index (χ3v) is 5.46. The van der Waals surface area contributed by atoms with E-state index >= 15 is 0 Å². The van der Waals surface area contributed by atoms with Crippen molar-refractivity contribution in [3.05, 3.63) is 89.7 Å². The van der Waals surface area contributed by atoms with Gasteiger partial charge in [-0.05, 0) is 36.3 Å². The minimum Gasteiger partial charge on any atom is -0.350 e. The van der Waals surface area contributed by atoms with E-state index in [0.29, 0.717) is 24.0 Å². The summed E-state index contributed by atoms with van der Waals surface area (Å²) in [6, 6.07) is 20.7. The monoisotopic (exact) mass is 386 g/mol. The lowest BCUT2D eigenvalue weighted by molar-refractivity contribution is 0.0689. The molecule has 1 aliphatic rings. The van der Waals surface area contributed by atoms with E-state index in [-0.39, 0.29) is 5.91 Å². The van der Waals surface area contributed by atoms with Gasteiger partial charge in [-0.1, -0.05) is 60.7 Å². The molecule has 1 saturated heterocycles. The highest BCUT2D eigenvalue weighted by Crippen LogP contribution is 2.22. The lowest BCUT2D eigenvalue weighted by Crippen LogP contribution is -2.39. The Bertz CT molecular complexity index is 905. The minimum atomic E-state index is 0.0257. The van der Waals surface area contributed by atoms with Crippen molar-refractivity contribution in [2.24, 2.45) is 5.92 Å². The van der Waals surface area contributed by atoms with Crippen molar-refractivity contribution in [2.45, 2.75) is 25.8 Å². The van der Waals surface area contributed by atoms with Gasteiger partial charge in [-0.15, -0.1) is 0 Å². The second-order valence-corrected chi connectivity index (χ2v) is 7.56. The lowest BCUT2D eigenvalue weighted by atomic mass is 9.90. The van der Waals surface area contributed by atoms with Crippen LogP contribution in [0.25, 0.3) is 0 Å². The Kier molecular flexibility index (Phi) is 6.15. The number of likely N-dealkylation sites (tertiary alicyclic amines) is 1. The number of rotatable bonds is 6. The van der Waals surface area contributed by atoms with Crippen molar-refractivity contribution in [1.29, 1.82) is 0 Å². The van der Waals surface area contributed by atoms with Gasteiger partial charge in [0, 0.05) is 32.0 Å². The van der Waals surface area contributed by atoms with Crippen LogP contribution in [0.5, 0.6) is 0 Å². The van der Waals surface area contributed by atoms with Crippen LogP contribution in [-0.4, -0.2) is 33.9 Å². The van der Waals surface area contributed by atoms with Crippen LogP contribution < -0.4 is 5.32 Å². The first-order chi connectivity index (χ1) is 14.3. The number of nitrogens with zero attached hydrogens (tertiary/aromatic N) is 3. The van der Waals surface area contributed by atoms with E-state index in [1.54, 1.807) is 12.4 Å². The number of aromatic nitrogens is 2. The first-order valence-electron chi connectivity index (χ1n) is 10.2. The van der Waals surface area contributed by atoms with E-state index in [1.165, 1.54) is 5.56 Å². The Hall–Kier alpha value is -3.21. The van der Waals surface area contributed by atoms with Crippen molar-refractivity contribution < 1.29 is 4.79 Å². The number of benzene rings is 2. The Balaban J connectivity index is 1.27. The maximum Gasteiger partial charge on any atom is 0.256 e. The van der Waals surface area contributed by atoms with Gasteiger partial charge < -0.3 is 10.2 Å². The fourth-order valence-electron chi connectivity index (χ4n) is 3.78. The van der Waals surface area contributed by atoms with Gasteiger partial charge in [0.25, 0.3) is 5.91 Å². The summed E-state index contributed by atoms with van der Waals surface area (Å²) in [5.41, 5.74) is 3.09. The Labute approximate surface area is 171 Å². The first-order valence-corrected chi connectivity index (χ1v) is 10.2. The van der Waals surface area contributed by atoms with Gasteiger partial charge in [0.15, 0.2) is 0 Å². The van der Waals surface area contributed by atoms with Crippen LogP contribution in [0, 0.1) is 5.92 Å². The number of nitrogens with one attached hydrogen (secondary N) is 1. The number of carbonyl (C=O) groups excluding carboxylic acids is 1. The molecule has 1 aromatic heterocycles. The molecule has 0 aliphatic carbocycles. The third kappa shape index (κ3) is 5.19. The van der Waals surface area contributed by atoms with E-state index in [0.717, 1.165) is 37.9 Å². The standard InChI is InChI=1S/C24H26N4O/c29-23(28-13-11-20(12-14-28)15-19-7-3-1-4-8-19)22-17-26-24(27-18-22)25-16-21-9-5-2-6-10-21/h1-10,17-18,20H,11-16H2,(H,25,26,27). The number of piperidine rings is 1. The maximum absolute atomic E-state index is 12.8. The van der Waals surface area contributed by atoms with Crippen LogP contribution >= 0.6 is 0 Å². The van der Waals surface area contributed by atoms with Gasteiger partial charge in [-0.25, -0.2) is 9.97 Å². The van der Waals surface area contributed by atoms with E-state index in [9.17, 15) is 4.79 Å². The molecule has 5 heteroatoms. The fourth-order valence-corrected chi connectivity index (χ4v) is 3.78. The summed E-state index contributed by atoms with van der Waals surface area (Å²) < 4.78 is 0. The molecule has 1 aliphatic heterocycles. The van der Waals surface area contributed by atoms with E-state index in [4.69, 9.17) is 0 Å². The highest BCUT2D eigenvalue weighted by molar-refractivity contribution is 5.93. The molecule has 0 bridgehead atoms. The number of hydrogen-bond donors (Lipinski definition) is 1. The molecular formula is C24H26N4O. The molecule has 1 amide bonds. The van der Waals surface area contributed by atoms with Gasteiger partial charge in [0.05, 0.1) is 5.56 Å². The quantitative estimate of drug-likeness (QED) is 0.690. The number of anilines is 1. The SMILES string of the molecule is O=C(c1cnc(NCc2ccccc2)nc1)N1CCC(Cc2ccccc2)CC1. The van der Waals surface area contributed by atoms with Crippen molar-refractivity contribution in [2.75, 3.05) is 18.4 Å². The average molecular weight is 386 g/mol. The Morgan fingerprint density at radius 1 is 0.897 bits per heavy atom. The molecule has 0 saturated carbocycles. The summed E-state index contributed by atoms with van der Waals surface area (Å²) in [6.07, 6.45) is 6.42. The number of hydrogen-bond acceptors (Lipinski definition) is 4. The zero-order chi connectivity index (χ0) is 19.9. The van der Waals surface area contributed by atoms with Crippen molar-refractivity contribution in [3.8, 4) is 0 Å². The van der Waals surface area contributed by atoms with Crippen LogP contribution in [0.15, 0.2) is 73.1 Å². The molecule has 148 valence electrons. The average Bonchev–Trinajstić information content (AvgIpc) is 2.79. The summed E-state index contributed by atoms with van der Waals surface area (Å²) in [6.45, 7) is 2.25. The second-order valence-electron chi connectivity index (χ2n) is 7.56. The van der Waals surface area contributed by atoms with Gasteiger partial charge >= 0.3 is 0 Å². The predicted molar refractivity (Wildman–Crippen MR) is 115 cm³/mol. The summed E-state index contributed by atoms with van der Waals surface area (Å²) in [5.74, 6) is 1.20. The topological polar surface area (TPSA) is 58.1 Å². The molecule has 5 nitrogen and oxygen atoms in total. The molecule has 0 atom stereocenters. The van der Waals surface area contributed by atoms with E-state index in [1.807, 2.05) is 35.2 Å². The normalized spacial score (nSPS) is 14.6. The second kappa shape index (κ2) is 9.32. The smallest absolute Gasteiger partial charge is 0.256 e. The van der Waals surface area contributed by atoms with Crippen LogP contribution in [0.2, 0.25) is 0 Å². The van der Waals surface area contributed by atoms with Crippen molar-refractivity contribution in [1.82, 2.24) is 14.9 Å². The zero-order valence-electron chi connectivity index (χ0n) is 16.5. The molecule has 3 aromatic rings. The summed E-state index contributed by atoms with van der Waals surface area (Å²) >= 11 is 0. The molecule has 4 rings (SSSR count). The summed E-state index contributed by atoms with van der Waals surface area (Å²) in [7, 11) is 0. The maximum atomic E-state index is 12.8. The van der Waals surface area contributed by atoms with Gasteiger partial charge in [0.2, 0.25) is 5.95 Å². The fraction of sp³-hybridized carbons (Fsp3) is 0.292. The minimum absolute atomic E-state index is 0.0257. The molecule has 0 unspecified atom stereocenters. The zero-order valence-corrected chi connectivity index (χ0v) is 16.5. The molecule has 2 aromatic carbocycles. The lowest BCUT2D eigenvalue weighted by Gasteiger charge is -2.32. The molecule has 1 N–H and O–H groups in total. The van der Waals surface area contributed by atoms with E-state index < -0.39 is 0 Å². The van der Waals surface area contributed by atoms with Gasteiger partial charge in [0.1, 0.15) is 0 Å². The molecule has 1 fully saturated rings.